The van der Waals surface area contributed by atoms with Gasteiger partial charge in [0.05, 0.1) is 6.57 Å². The molecule has 0 heterocycles. The Morgan fingerprint density at radius 2 is 1.69 bits per heavy atom. The first-order chi connectivity index (χ1) is 6.33. The third kappa shape index (κ3) is 1.17. The third-order valence-corrected chi connectivity index (χ3v) is 2.06. The highest BCUT2D eigenvalue weighted by Gasteiger charge is 2.00. The van der Waals surface area contributed by atoms with Gasteiger partial charge < -0.3 is 0 Å². The van der Waals surface area contributed by atoms with Crippen molar-refractivity contribution < 1.29 is 0 Å². The minimum Gasteiger partial charge on any atom is -0.238 e. The topological polar surface area (TPSA) is 4.36 Å². The van der Waals surface area contributed by atoms with E-state index in [1.54, 1.807) is 12.1 Å². The molecule has 2 radical (unpaired) electrons. The monoisotopic (exact) mass is 165 g/mol. The van der Waals surface area contributed by atoms with Crippen LogP contribution in [0.4, 0.5) is 5.69 Å². The first-order valence-electron chi connectivity index (χ1n) is 3.97. The Kier molecular flexibility index (Phi) is 1.75. The van der Waals surface area contributed by atoms with Crippen molar-refractivity contribution in [3.05, 3.63) is 60.3 Å². The molecule has 0 amide bonds. The first-order valence-corrected chi connectivity index (χ1v) is 3.97. The van der Waals surface area contributed by atoms with E-state index < -0.39 is 0 Å². The Morgan fingerprint density at radius 3 is 2.38 bits per heavy atom. The molecule has 2 aromatic carbocycles. The Balaban J connectivity index is 2.95. The van der Waals surface area contributed by atoms with Crippen molar-refractivity contribution in [3.63, 3.8) is 0 Å². The van der Waals surface area contributed by atoms with Crippen LogP contribution in [-0.4, -0.2) is 0 Å². The minimum atomic E-state index is 0.657. The lowest BCUT2D eigenvalue weighted by Gasteiger charge is -2.02. The smallest absolute Gasteiger partial charge is 0.194 e. The van der Waals surface area contributed by atoms with Crippen LogP contribution in [0.25, 0.3) is 15.6 Å². The van der Waals surface area contributed by atoms with Gasteiger partial charge in [-0.05, 0) is 23.3 Å². The van der Waals surface area contributed by atoms with E-state index in [9.17, 15) is 0 Å². The molecule has 0 saturated carbocycles. The van der Waals surface area contributed by atoms with Crippen molar-refractivity contribution in [2.24, 2.45) is 0 Å². The zero-order chi connectivity index (χ0) is 9.26. The summed E-state index contributed by atoms with van der Waals surface area (Å²) in [6.07, 6.45) is 0. The molecule has 2 aromatic rings. The molecule has 0 aliphatic heterocycles. The van der Waals surface area contributed by atoms with Gasteiger partial charge in [-0.25, -0.2) is 4.85 Å². The van der Waals surface area contributed by atoms with Crippen LogP contribution < -0.4 is 0 Å². The third-order valence-electron chi connectivity index (χ3n) is 2.06. The molecule has 0 unspecified atom stereocenters. The number of nitrogens with zero attached hydrogens (tertiary/aromatic N) is 1. The molecule has 2 rings (SSSR count). The number of rotatable bonds is 0. The summed E-state index contributed by atoms with van der Waals surface area (Å²) >= 11 is 0. The van der Waals surface area contributed by atoms with Gasteiger partial charge in [0, 0.05) is 0 Å². The van der Waals surface area contributed by atoms with Crippen LogP contribution >= 0.6 is 0 Å². The molecule has 0 spiro atoms. The summed E-state index contributed by atoms with van der Waals surface area (Å²) in [6.45, 7) is 12.8. The minimum absolute atomic E-state index is 0.657. The van der Waals surface area contributed by atoms with Gasteiger partial charge in [-0.1, -0.05) is 36.4 Å². The first kappa shape index (κ1) is 7.82. The fraction of sp³-hybridized carbons (Fsp3) is 0. The summed E-state index contributed by atoms with van der Waals surface area (Å²) in [5, 5.41) is 1.88. The zero-order valence-corrected chi connectivity index (χ0v) is 6.99. The van der Waals surface area contributed by atoms with Crippen molar-refractivity contribution >= 4 is 16.5 Å². The normalized spacial score (nSPS) is 9.85. The molecule has 0 N–H and O–H groups in total. The molecule has 0 aromatic heterocycles. The van der Waals surface area contributed by atoms with Crippen molar-refractivity contribution in [1.29, 1.82) is 0 Å². The summed E-state index contributed by atoms with van der Waals surface area (Å²) in [5.41, 5.74) is 1.38. The van der Waals surface area contributed by atoms with Crippen molar-refractivity contribution in [2.75, 3.05) is 0 Å². The Bertz CT molecular complexity index is 492. The van der Waals surface area contributed by atoms with E-state index in [-0.39, 0.29) is 0 Å². The van der Waals surface area contributed by atoms with E-state index in [1.807, 2.05) is 24.3 Å². The quantitative estimate of drug-likeness (QED) is 0.526. The van der Waals surface area contributed by atoms with Crippen LogP contribution in [0.15, 0.2) is 36.4 Å². The van der Waals surface area contributed by atoms with E-state index in [1.165, 1.54) is 0 Å². The molecule has 0 bridgehead atoms. The van der Waals surface area contributed by atoms with Gasteiger partial charge in [-0.3, -0.25) is 0 Å². The molecule has 1 nitrogen and oxygen atoms in total. The Labute approximate surface area is 77.4 Å². The Morgan fingerprint density at radius 1 is 1.00 bits per heavy atom. The SMILES string of the molecule is [C-]#[N+]c1ccc([CH])c2ccccc12. The molecular weight excluding hydrogens is 158 g/mol. The molecule has 0 aliphatic rings. The number of hydrogen-bond acceptors (Lipinski definition) is 0. The van der Waals surface area contributed by atoms with Crippen LogP contribution in [0.2, 0.25) is 0 Å². The molecule has 0 atom stereocenters. The highest BCUT2D eigenvalue weighted by Crippen LogP contribution is 2.27. The average Bonchev–Trinajstić information content (AvgIpc) is 2.19. The second-order valence-electron chi connectivity index (χ2n) is 2.83. The standard InChI is InChI=1S/C12H7N/c1-9-7-8-12(13-2)11-6-4-3-5-10(9)11/h1,3-8H. The fourth-order valence-corrected chi connectivity index (χ4v) is 1.40. The number of hydrogen-bond donors (Lipinski definition) is 0. The maximum atomic E-state index is 6.98. The molecule has 1 heteroatoms. The van der Waals surface area contributed by atoms with E-state index in [4.69, 9.17) is 13.5 Å². The molecule has 0 saturated heterocycles. The lowest BCUT2D eigenvalue weighted by Crippen LogP contribution is -1.77. The molecule has 13 heavy (non-hydrogen) atoms. The molecular formula is C12H7N. The highest BCUT2D eigenvalue weighted by atomic mass is 14.6. The fourth-order valence-electron chi connectivity index (χ4n) is 1.40. The van der Waals surface area contributed by atoms with E-state index in [0.717, 1.165) is 16.3 Å². The lowest BCUT2D eigenvalue weighted by molar-refractivity contribution is 1.68. The average molecular weight is 165 g/mol. The Hall–Kier alpha value is -1.81. The predicted octanol–water partition coefficient (Wildman–Crippen LogP) is 3.45. The largest absolute Gasteiger partial charge is 0.238 e. The van der Waals surface area contributed by atoms with Gasteiger partial charge in [0.15, 0.2) is 5.69 Å². The van der Waals surface area contributed by atoms with Crippen molar-refractivity contribution in [3.8, 4) is 0 Å². The highest BCUT2D eigenvalue weighted by molar-refractivity contribution is 5.96. The van der Waals surface area contributed by atoms with E-state index in [2.05, 4.69) is 4.85 Å². The summed E-state index contributed by atoms with van der Waals surface area (Å²) < 4.78 is 0. The van der Waals surface area contributed by atoms with Gasteiger partial charge in [-0.2, -0.15) is 0 Å². The van der Waals surface area contributed by atoms with Gasteiger partial charge >= 0.3 is 0 Å². The van der Waals surface area contributed by atoms with Crippen molar-refractivity contribution in [2.45, 2.75) is 0 Å². The molecule has 0 aliphatic carbocycles. The van der Waals surface area contributed by atoms with Gasteiger partial charge in [0.1, 0.15) is 0 Å². The summed E-state index contributed by atoms with van der Waals surface area (Å²) in [6, 6.07) is 11.2. The molecule has 0 fully saturated rings. The van der Waals surface area contributed by atoms with Crippen LogP contribution in [0.5, 0.6) is 0 Å². The maximum absolute atomic E-state index is 6.98. The van der Waals surface area contributed by atoms with Gasteiger partial charge in [0.25, 0.3) is 0 Å². The summed E-state index contributed by atoms with van der Waals surface area (Å²) in [5.74, 6) is 0. The van der Waals surface area contributed by atoms with Crippen LogP contribution in [-0.2, 0) is 0 Å². The van der Waals surface area contributed by atoms with Crippen LogP contribution in [0, 0.1) is 13.5 Å². The van der Waals surface area contributed by atoms with Gasteiger partial charge in [-0.15, -0.1) is 0 Å². The maximum Gasteiger partial charge on any atom is 0.194 e. The second-order valence-corrected chi connectivity index (χ2v) is 2.83. The number of benzene rings is 2. The summed E-state index contributed by atoms with van der Waals surface area (Å²) in [7, 11) is 0. The number of fused-ring (bicyclic) bond motifs is 1. The van der Waals surface area contributed by atoms with E-state index in [0.29, 0.717) is 5.69 Å². The van der Waals surface area contributed by atoms with Crippen LogP contribution in [0.3, 0.4) is 0 Å². The second kappa shape index (κ2) is 2.91. The van der Waals surface area contributed by atoms with E-state index >= 15 is 0 Å². The molecule has 60 valence electrons. The predicted molar refractivity (Wildman–Crippen MR) is 53.6 cm³/mol. The van der Waals surface area contributed by atoms with Gasteiger partial charge in [0.2, 0.25) is 0 Å². The van der Waals surface area contributed by atoms with Crippen molar-refractivity contribution in [1.82, 2.24) is 0 Å². The lowest BCUT2D eigenvalue weighted by atomic mass is 10.0. The summed E-state index contributed by atoms with van der Waals surface area (Å²) in [4.78, 5) is 3.43. The van der Waals surface area contributed by atoms with Crippen LogP contribution in [0.1, 0.15) is 5.56 Å². The zero-order valence-electron chi connectivity index (χ0n) is 6.99.